The summed E-state index contributed by atoms with van der Waals surface area (Å²) in [6.45, 7) is 6.54. The van der Waals surface area contributed by atoms with Gasteiger partial charge in [0.2, 0.25) is 0 Å². The molecule has 0 spiro atoms. The Hall–Kier alpha value is -1.10. The molecule has 1 aliphatic heterocycles. The van der Waals surface area contributed by atoms with Crippen LogP contribution in [0.15, 0.2) is 18.2 Å². The van der Waals surface area contributed by atoms with Crippen LogP contribution in [-0.4, -0.2) is 26.4 Å². The Morgan fingerprint density at radius 1 is 1.44 bits per heavy atom. The van der Waals surface area contributed by atoms with Gasteiger partial charge < -0.3 is 20.9 Å². The highest BCUT2D eigenvalue weighted by atomic mass is 16.5. The van der Waals surface area contributed by atoms with Crippen LogP contribution < -0.4 is 16.2 Å². The van der Waals surface area contributed by atoms with Gasteiger partial charge in [0, 0.05) is 18.0 Å². The SMILES string of the molecule is CCOc1ccc(C(N)C2(CN)COC2)cc1C. The molecule has 1 aliphatic rings. The van der Waals surface area contributed by atoms with Gasteiger partial charge in [-0.25, -0.2) is 0 Å². The Bertz CT molecular complexity index is 411. The molecule has 0 radical (unpaired) electrons. The van der Waals surface area contributed by atoms with Gasteiger partial charge in [0.1, 0.15) is 5.75 Å². The topological polar surface area (TPSA) is 70.5 Å². The first-order valence-electron chi connectivity index (χ1n) is 6.39. The Morgan fingerprint density at radius 2 is 2.17 bits per heavy atom. The van der Waals surface area contributed by atoms with Gasteiger partial charge >= 0.3 is 0 Å². The summed E-state index contributed by atoms with van der Waals surface area (Å²) in [4.78, 5) is 0. The fourth-order valence-corrected chi connectivity index (χ4v) is 2.33. The van der Waals surface area contributed by atoms with Crippen molar-refractivity contribution in [1.82, 2.24) is 0 Å². The third kappa shape index (κ3) is 2.23. The van der Waals surface area contributed by atoms with Gasteiger partial charge in [-0.05, 0) is 31.0 Å². The van der Waals surface area contributed by atoms with Crippen LogP contribution >= 0.6 is 0 Å². The Labute approximate surface area is 108 Å². The lowest BCUT2D eigenvalue weighted by atomic mass is 9.75. The monoisotopic (exact) mass is 250 g/mol. The van der Waals surface area contributed by atoms with Gasteiger partial charge in [0.25, 0.3) is 0 Å². The van der Waals surface area contributed by atoms with Gasteiger partial charge in [-0.2, -0.15) is 0 Å². The fraction of sp³-hybridized carbons (Fsp3) is 0.571. The molecule has 4 N–H and O–H groups in total. The van der Waals surface area contributed by atoms with Crippen LogP contribution in [0, 0.1) is 12.3 Å². The summed E-state index contributed by atoms with van der Waals surface area (Å²) in [5.41, 5.74) is 14.3. The first kappa shape index (κ1) is 13.3. The Kier molecular flexibility index (Phi) is 3.90. The van der Waals surface area contributed by atoms with E-state index >= 15 is 0 Å². The lowest BCUT2D eigenvalue weighted by molar-refractivity contribution is -0.121. The maximum Gasteiger partial charge on any atom is 0.122 e. The molecule has 18 heavy (non-hydrogen) atoms. The number of benzene rings is 1. The second-order valence-electron chi connectivity index (χ2n) is 4.99. The summed E-state index contributed by atoms with van der Waals surface area (Å²) in [5.74, 6) is 0.917. The largest absolute Gasteiger partial charge is 0.494 e. The number of rotatable bonds is 5. The minimum Gasteiger partial charge on any atom is -0.494 e. The van der Waals surface area contributed by atoms with Gasteiger partial charge in [0.05, 0.1) is 19.8 Å². The highest BCUT2D eigenvalue weighted by Gasteiger charge is 2.43. The van der Waals surface area contributed by atoms with Crippen molar-refractivity contribution < 1.29 is 9.47 Å². The highest BCUT2D eigenvalue weighted by Crippen LogP contribution is 2.38. The van der Waals surface area contributed by atoms with Crippen LogP contribution in [0.25, 0.3) is 0 Å². The predicted molar refractivity (Wildman–Crippen MR) is 71.6 cm³/mol. The summed E-state index contributed by atoms with van der Waals surface area (Å²) in [5, 5.41) is 0. The van der Waals surface area contributed by atoms with E-state index in [1.54, 1.807) is 0 Å². The molecule has 1 fully saturated rings. The van der Waals surface area contributed by atoms with Crippen molar-refractivity contribution in [2.75, 3.05) is 26.4 Å². The van der Waals surface area contributed by atoms with Gasteiger partial charge in [-0.3, -0.25) is 0 Å². The summed E-state index contributed by atoms with van der Waals surface area (Å²) < 4.78 is 10.8. The number of hydrogen-bond acceptors (Lipinski definition) is 4. The van der Waals surface area contributed by atoms with Crippen molar-refractivity contribution in [2.45, 2.75) is 19.9 Å². The molecule has 100 valence electrons. The standard InChI is InChI=1S/C14H22N2O2/c1-3-18-12-5-4-11(6-10(12)2)13(16)14(7-15)8-17-9-14/h4-6,13H,3,7-9,15-16H2,1-2H3. The van der Waals surface area contributed by atoms with Gasteiger partial charge in [-0.15, -0.1) is 0 Å². The van der Waals surface area contributed by atoms with Crippen LogP contribution in [0.2, 0.25) is 0 Å². The van der Waals surface area contributed by atoms with Crippen molar-refractivity contribution in [3.63, 3.8) is 0 Å². The van der Waals surface area contributed by atoms with E-state index in [1.165, 1.54) is 0 Å². The third-order valence-electron chi connectivity index (χ3n) is 3.70. The number of aryl methyl sites for hydroxylation is 1. The van der Waals surface area contributed by atoms with Crippen LogP contribution in [0.1, 0.15) is 24.1 Å². The van der Waals surface area contributed by atoms with E-state index in [0.717, 1.165) is 16.9 Å². The van der Waals surface area contributed by atoms with E-state index in [1.807, 2.05) is 26.0 Å². The zero-order valence-electron chi connectivity index (χ0n) is 11.1. The molecule has 0 saturated carbocycles. The van der Waals surface area contributed by atoms with Crippen molar-refractivity contribution in [3.05, 3.63) is 29.3 Å². The first-order chi connectivity index (χ1) is 8.63. The normalized spacial score (nSPS) is 19.1. The second kappa shape index (κ2) is 5.26. The average molecular weight is 250 g/mol. The second-order valence-corrected chi connectivity index (χ2v) is 4.99. The first-order valence-corrected chi connectivity index (χ1v) is 6.39. The van der Waals surface area contributed by atoms with Crippen LogP contribution in [-0.2, 0) is 4.74 Å². The molecular formula is C14H22N2O2. The molecule has 0 aliphatic carbocycles. The molecule has 1 unspecified atom stereocenters. The van der Waals surface area contributed by atoms with E-state index < -0.39 is 0 Å². The van der Waals surface area contributed by atoms with E-state index in [4.69, 9.17) is 20.9 Å². The molecule has 1 atom stereocenters. The molecule has 0 bridgehead atoms. The quantitative estimate of drug-likeness (QED) is 0.828. The predicted octanol–water partition coefficient (Wildman–Crippen LogP) is 1.37. The van der Waals surface area contributed by atoms with E-state index in [-0.39, 0.29) is 11.5 Å². The molecule has 1 heterocycles. The third-order valence-corrected chi connectivity index (χ3v) is 3.70. The van der Waals surface area contributed by atoms with Crippen molar-refractivity contribution in [2.24, 2.45) is 16.9 Å². The van der Waals surface area contributed by atoms with Crippen LogP contribution in [0.4, 0.5) is 0 Å². The molecule has 1 aromatic carbocycles. The molecule has 4 heteroatoms. The summed E-state index contributed by atoms with van der Waals surface area (Å²) in [7, 11) is 0. The highest BCUT2D eigenvalue weighted by molar-refractivity contribution is 5.38. The molecule has 0 aromatic heterocycles. The van der Waals surface area contributed by atoms with Gasteiger partial charge in [0.15, 0.2) is 0 Å². The summed E-state index contributed by atoms with van der Waals surface area (Å²) in [6, 6.07) is 6.02. The number of ether oxygens (including phenoxy) is 2. The van der Waals surface area contributed by atoms with Crippen molar-refractivity contribution in [3.8, 4) is 5.75 Å². The summed E-state index contributed by atoms with van der Waals surface area (Å²) in [6.07, 6.45) is 0. The zero-order valence-corrected chi connectivity index (χ0v) is 11.1. The van der Waals surface area contributed by atoms with Crippen LogP contribution in [0.3, 0.4) is 0 Å². The molecule has 2 rings (SSSR count). The van der Waals surface area contributed by atoms with Gasteiger partial charge in [-0.1, -0.05) is 12.1 Å². The smallest absolute Gasteiger partial charge is 0.122 e. The van der Waals surface area contributed by atoms with Crippen molar-refractivity contribution in [1.29, 1.82) is 0 Å². The maximum atomic E-state index is 6.34. The molecular weight excluding hydrogens is 228 g/mol. The minimum atomic E-state index is -0.0976. The van der Waals surface area contributed by atoms with Crippen molar-refractivity contribution >= 4 is 0 Å². The molecule has 4 nitrogen and oxygen atoms in total. The molecule has 0 amide bonds. The fourth-order valence-electron chi connectivity index (χ4n) is 2.33. The zero-order chi connectivity index (χ0) is 13.2. The lowest BCUT2D eigenvalue weighted by Crippen LogP contribution is -2.54. The van der Waals surface area contributed by atoms with E-state index in [2.05, 4.69) is 6.07 Å². The van der Waals surface area contributed by atoms with E-state index in [0.29, 0.717) is 26.4 Å². The van der Waals surface area contributed by atoms with E-state index in [9.17, 15) is 0 Å². The summed E-state index contributed by atoms with van der Waals surface area (Å²) >= 11 is 0. The Balaban J connectivity index is 2.20. The lowest BCUT2D eigenvalue weighted by Gasteiger charge is -2.45. The number of nitrogens with two attached hydrogens (primary N) is 2. The molecule has 1 saturated heterocycles. The number of hydrogen-bond donors (Lipinski definition) is 2. The van der Waals surface area contributed by atoms with Crippen LogP contribution in [0.5, 0.6) is 5.75 Å². The average Bonchev–Trinajstić information content (AvgIpc) is 2.31. The molecule has 1 aromatic rings. The maximum absolute atomic E-state index is 6.34. The minimum absolute atomic E-state index is 0.0781. The Morgan fingerprint density at radius 3 is 2.61 bits per heavy atom.